The molecule has 2 aliphatic heterocycles. The molecular formula is C10H16N2O4. The summed E-state index contributed by atoms with van der Waals surface area (Å²) in [6.07, 6.45) is 0.801. The van der Waals surface area contributed by atoms with E-state index in [1.165, 1.54) is 0 Å². The lowest BCUT2D eigenvalue weighted by Gasteiger charge is -2.34. The molecule has 0 bridgehead atoms. The normalized spacial score (nSPS) is 31.8. The van der Waals surface area contributed by atoms with Crippen LogP contribution in [-0.4, -0.2) is 62.3 Å². The molecule has 0 aliphatic carbocycles. The van der Waals surface area contributed by atoms with Crippen LogP contribution >= 0.6 is 0 Å². The Morgan fingerprint density at radius 2 is 2.12 bits per heavy atom. The molecule has 0 aromatic carbocycles. The number of amides is 2. The second-order valence-corrected chi connectivity index (χ2v) is 4.31. The minimum Gasteiger partial charge on any atom is -0.378 e. The quantitative estimate of drug-likeness (QED) is 0.611. The summed E-state index contributed by atoms with van der Waals surface area (Å²) in [7, 11) is 1.64. The van der Waals surface area contributed by atoms with Crippen molar-refractivity contribution in [3.05, 3.63) is 0 Å². The molecule has 0 aromatic rings. The molecule has 2 fully saturated rings. The lowest BCUT2D eigenvalue weighted by atomic mass is 10.0. The van der Waals surface area contributed by atoms with Crippen molar-refractivity contribution >= 4 is 11.8 Å². The molecule has 1 unspecified atom stereocenters. The summed E-state index contributed by atoms with van der Waals surface area (Å²) in [6.45, 7) is 2.24. The fourth-order valence-electron chi connectivity index (χ4n) is 2.15. The molecular weight excluding hydrogens is 212 g/mol. The van der Waals surface area contributed by atoms with Crippen LogP contribution in [0.1, 0.15) is 6.42 Å². The van der Waals surface area contributed by atoms with Crippen molar-refractivity contribution in [1.29, 1.82) is 0 Å². The number of ether oxygens (including phenoxy) is 2. The van der Waals surface area contributed by atoms with Crippen molar-refractivity contribution in [2.45, 2.75) is 12.0 Å². The first-order valence-electron chi connectivity index (χ1n) is 5.31. The Bertz CT molecular complexity index is 283. The molecule has 0 radical (unpaired) electrons. The topological polar surface area (TPSA) is 67.9 Å². The molecule has 1 N–H and O–H groups in total. The number of nitrogens with one attached hydrogen (secondary N) is 1. The summed E-state index contributed by atoms with van der Waals surface area (Å²) in [5.41, 5.74) is -0.363. The number of imide groups is 1. The predicted octanol–water partition coefficient (Wildman–Crippen LogP) is -1.25. The monoisotopic (exact) mass is 228 g/mol. The highest BCUT2D eigenvalue weighted by Gasteiger charge is 2.38. The average molecular weight is 228 g/mol. The Hall–Kier alpha value is -0.980. The molecule has 2 saturated heterocycles. The molecule has 0 aromatic heterocycles. The number of carbonyl (C=O) groups is 2. The van der Waals surface area contributed by atoms with Gasteiger partial charge in [-0.3, -0.25) is 19.8 Å². The van der Waals surface area contributed by atoms with E-state index in [1.807, 2.05) is 0 Å². The fraction of sp³-hybridized carbons (Fsp3) is 0.800. The Morgan fingerprint density at radius 1 is 1.44 bits per heavy atom. The minimum atomic E-state index is -0.363. The van der Waals surface area contributed by atoms with Crippen LogP contribution < -0.4 is 5.32 Å². The SMILES string of the molecule is COC1(CN2CC(=O)NC(=O)C2)CCOC1. The third kappa shape index (κ3) is 2.40. The third-order valence-corrected chi connectivity index (χ3v) is 3.03. The largest absolute Gasteiger partial charge is 0.378 e. The summed E-state index contributed by atoms with van der Waals surface area (Å²) < 4.78 is 10.8. The number of piperazine rings is 1. The van der Waals surface area contributed by atoms with E-state index >= 15 is 0 Å². The van der Waals surface area contributed by atoms with Crippen molar-refractivity contribution in [1.82, 2.24) is 10.2 Å². The molecule has 0 spiro atoms. The molecule has 0 saturated carbocycles. The van der Waals surface area contributed by atoms with E-state index in [0.29, 0.717) is 19.8 Å². The Balaban J connectivity index is 1.97. The standard InChI is InChI=1S/C10H16N2O4/c1-15-10(2-3-16-7-10)6-12-4-8(13)11-9(14)5-12/h2-7H2,1H3,(H,11,13,14). The van der Waals surface area contributed by atoms with E-state index in [9.17, 15) is 9.59 Å². The van der Waals surface area contributed by atoms with Crippen LogP contribution in [0.15, 0.2) is 0 Å². The van der Waals surface area contributed by atoms with Gasteiger partial charge in [-0.2, -0.15) is 0 Å². The van der Waals surface area contributed by atoms with Gasteiger partial charge in [0.2, 0.25) is 11.8 Å². The molecule has 6 nitrogen and oxygen atoms in total. The van der Waals surface area contributed by atoms with Crippen LogP contribution in [0.3, 0.4) is 0 Å². The van der Waals surface area contributed by atoms with E-state index in [0.717, 1.165) is 6.42 Å². The van der Waals surface area contributed by atoms with Gasteiger partial charge in [-0.05, 0) is 0 Å². The van der Waals surface area contributed by atoms with Crippen LogP contribution in [0.2, 0.25) is 0 Å². The zero-order valence-electron chi connectivity index (χ0n) is 9.32. The van der Waals surface area contributed by atoms with Crippen LogP contribution in [0.5, 0.6) is 0 Å². The van der Waals surface area contributed by atoms with Gasteiger partial charge < -0.3 is 9.47 Å². The molecule has 6 heteroatoms. The van der Waals surface area contributed by atoms with Crippen molar-refractivity contribution in [2.24, 2.45) is 0 Å². The smallest absolute Gasteiger partial charge is 0.240 e. The number of nitrogens with zero attached hydrogens (tertiary/aromatic N) is 1. The summed E-state index contributed by atoms with van der Waals surface area (Å²) in [4.78, 5) is 24.2. The van der Waals surface area contributed by atoms with Gasteiger partial charge in [-0.15, -0.1) is 0 Å². The van der Waals surface area contributed by atoms with Crippen LogP contribution in [0.4, 0.5) is 0 Å². The maximum absolute atomic E-state index is 11.2. The van der Waals surface area contributed by atoms with Crippen molar-refractivity contribution in [3.63, 3.8) is 0 Å². The second kappa shape index (κ2) is 4.48. The molecule has 2 amide bonds. The van der Waals surface area contributed by atoms with E-state index in [-0.39, 0.29) is 30.5 Å². The molecule has 2 heterocycles. The Morgan fingerprint density at radius 3 is 2.62 bits per heavy atom. The lowest BCUT2D eigenvalue weighted by molar-refractivity contribution is -0.138. The van der Waals surface area contributed by atoms with Gasteiger partial charge in [-0.25, -0.2) is 0 Å². The fourth-order valence-corrected chi connectivity index (χ4v) is 2.15. The van der Waals surface area contributed by atoms with Crippen LogP contribution in [0.25, 0.3) is 0 Å². The van der Waals surface area contributed by atoms with E-state index < -0.39 is 0 Å². The molecule has 1 atom stereocenters. The highest BCUT2D eigenvalue weighted by atomic mass is 16.5. The average Bonchev–Trinajstić information content (AvgIpc) is 2.65. The minimum absolute atomic E-state index is 0.247. The Labute approximate surface area is 93.9 Å². The summed E-state index contributed by atoms with van der Waals surface area (Å²) >= 11 is 0. The van der Waals surface area contributed by atoms with E-state index in [4.69, 9.17) is 9.47 Å². The first-order chi connectivity index (χ1) is 7.63. The summed E-state index contributed by atoms with van der Waals surface area (Å²) in [6, 6.07) is 0. The number of hydrogen-bond donors (Lipinski definition) is 1. The molecule has 90 valence electrons. The van der Waals surface area contributed by atoms with Gasteiger partial charge in [0, 0.05) is 26.7 Å². The van der Waals surface area contributed by atoms with E-state index in [1.54, 1.807) is 12.0 Å². The van der Waals surface area contributed by atoms with Gasteiger partial charge in [-0.1, -0.05) is 0 Å². The highest BCUT2D eigenvalue weighted by Crippen LogP contribution is 2.23. The number of hydrogen-bond acceptors (Lipinski definition) is 5. The zero-order chi connectivity index (χ0) is 11.6. The molecule has 2 aliphatic rings. The summed E-state index contributed by atoms with van der Waals surface area (Å²) in [5.74, 6) is -0.497. The Kier molecular flexibility index (Phi) is 3.22. The molecule has 16 heavy (non-hydrogen) atoms. The first-order valence-corrected chi connectivity index (χ1v) is 5.31. The van der Waals surface area contributed by atoms with Gasteiger partial charge >= 0.3 is 0 Å². The van der Waals surface area contributed by atoms with Gasteiger partial charge in [0.25, 0.3) is 0 Å². The zero-order valence-corrected chi connectivity index (χ0v) is 9.32. The second-order valence-electron chi connectivity index (χ2n) is 4.31. The van der Waals surface area contributed by atoms with Gasteiger partial charge in [0.05, 0.1) is 19.7 Å². The van der Waals surface area contributed by atoms with Crippen molar-refractivity contribution in [3.8, 4) is 0 Å². The maximum atomic E-state index is 11.2. The summed E-state index contributed by atoms with van der Waals surface area (Å²) in [5, 5.41) is 2.27. The maximum Gasteiger partial charge on any atom is 0.240 e. The third-order valence-electron chi connectivity index (χ3n) is 3.03. The first kappa shape index (κ1) is 11.5. The number of methoxy groups -OCH3 is 1. The van der Waals surface area contributed by atoms with Crippen molar-refractivity contribution in [2.75, 3.05) is 40.0 Å². The van der Waals surface area contributed by atoms with Crippen LogP contribution in [-0.2, 0) is 19.1 Å². The predicted molar refractivity (Wildman–Crippen MR) is 54.8 cm³/mol. The lowest BCUT2D eigenvalue weighted by Crippen LogP contribution is -2.56. The van der Waals surface area contributed by atoms with Gasteiger partial charge in [0.15, 0.2) is 0 Å². The number of rotatable bonds is 3. The van der Waals surface area contributed by atoms with E-state index in [2.05, 4.69) is 5.32 Å². The van der Waals surface area contributed by atoms with Gasteiger partial charge in [0.1, 0.15) is 5.60 Å². The highest BCUT2D eigenvalue weighted by molar-refractivity contribution is 5.99. The molecule has 2 rings (SSSR count). The van der Waals surface area contributed by atoms with Crippen LogP contribution in [0, 0.1) is 0 Å². The number of carbonyl (C=O) groups excluding carboxylic acids is 2. The van der Waals surface area contributed by atoms with Crippen molar-refractivity contribution < 1.29 is 19.1 Å².